The maximum absolute atomic E-state index is 11.7. The fourth-order valence-electron chi connectivity index (χ4n) is 2.90. The van der Waals surface area contributed by atoms with Crippen LogP contribution in [0.4, 0.5) is 10.5 Å². The molecule has 1 heterocycles. The fraction of sp³-hybridized carbons (Fsp3) is 0.471. The normalized spacial score (nSPS) is 16.3. The van der Waals surface area contributed by atoms with Gasteiger partial charge < -0.3 is 20.9 Å². The molecular weight excluding hydrogens is 306 g/mol. The lowest BCUT2D eigenvalue weighted by Gasteiger charge is -2.17. The van der Waals surface area contributed by atoms with E-state index in [9.17, 15) is 4.79 Å². The highest BCUT2D eigenvalue weighted by Gasteiger charge is 2.36. The third kappa shape index (κ3) is 3.56. The summed E-state index contributed by atoms with van der Waals surface area (Å²) in [6, 6.07) is 7.12. The van der Waals surface area contributed by atoms with Gasteiger partial charge in [0.1, 0.15) is 0 Å². The van der Waals surface area contributed by atoms with Gasteiger partial charge in [-0.1, -0.05) is 18.0 Å². The summed E-state index contributed by atoms with van der Waals surface area (Å²) in [5, 5.41) is 9.60. The Labute approximate surface area is 141 Å². The summed E-state index contributed by atoms with van der Waals surface area (Å²) in [5.41, 5.74) is 7.38. The van der Waals surface area contributed by atoms with Gasteiger partial charge in [-0.15, -0.1) is 0 Å². The minimum Gasteiger partial charge on any atom is -0.336 e. The quantitative estimate of drug-likeness (QED) is 0.799. The van der Waals surface area contributed by atoms with Gasteiger partial charge in [-0.25, -0.2) is 4.79 Å². The topological polar surface area (TPSA) is 106 Å². The van der Waals surface area contributed by atoms with Crippen molar-refractivity contribution in [3.63, 3.8) is 0 Å². The number of hydrogen-bond donors (Lipinski definition) is 3. The van der Waals surface area contributed by atoms with E-state index in [0.717, 1.165) is 31.2 Å². The van der Waals surface area contributed by atoms with Crippen molar-refractivity contribution in [3.05, 3.63) is 30.1 Å². The Morgan fingerprint density at radius 3 is 2.54 bits per heavy atom. The van der Waals surface area contributed by atoms with Crippen molar-refractivity contribution in [2.45, 2.75) is 51.1 Å². The Bertz CT molecular complexity index is 702. The molecule has 0 spiro atoms. The number of aromatic nitrogens is 2. The zero-order chi connectivity index (χ0) is 17.2. The Kier molecular flexibility index (Phi) is 4.53. The van der Waals surface area contributed by atoms with E-state index in [0.29, 0.717) is 17.4 Å². The Morgan fingerprint density at radius 1 is 1.25 bits per heavy atom. The monoisotopic (exact) mass is 329 g/mol. The molecule has 0 unspecified atom stereocenters. The minimum atomic E-state index is -0.460. The molecule has 2 aromatic rings. The molecule has 7 nitrogen and oxygen atoms in total. The van der Waals surface area contributed by atoms with E-state index in [4.69, 9.17) is 10.3 Å². The zero-order valence-corrected chi connectivity index (χ0v) is 14.0. The number of hydrogen-bond acceptors (Lipinski definition) is 5. The van der Waals surface area contributed by atoms with E-state index in [1.807, 2.05) is 26.0 Å². The summed E-state index contributed by atoms with van der Waals surface area (Å²) in [7, 11) is 0. The minimum absolute atomic E-state index is 0.0836. The number of carbonyl (C=O) groups excluding carboxylic acids is 1. The summed E-state index contributed by atoms with van der Waals surface area (Å²) in [6.07, 6.45) is 3.97. The number of urea groups is 1. The summed E-state index contributed by atoms with van der Waals surface area (Å²) >= 11 is 0. The number of nitrogens with one attached hydrogen (secondary N) is 2. The van der Waals surface area contributed by atoms with Crippen LogP contribution in [-0.2, 0) is 5.54 Å². The highest BCUT2D eigenvalue weighted by molar-refractivity contribution is 5.89. The molecule has 0 atom stereocenters. The first-order valence-electron chi connectivity index (χ1n) is 8.27. The molecular formula is C17H23N5O2. The van der Waals surface area contributed by atoms with Crippen molar-refractivity contribution in [2.75, 3.05) is 5.32 Å². The molecule has 0 aliphatic heterocycles. The highest BCUT2D eigenvalue weighted by atomic mass is 16.5. The van der Waals surface area contributed by atoms with Crippen molar-refractivity contribution in [2.24, 2.45) is 5.73 Å². The van der Waals surface area contributed by atoms with Crippen LogP contribution in [0, 0.1) is 0 Å². The van der Waals surface area contributed by atoms with Crippen LogP contribution >= 0.6 is 0 Å². The summed E-state index contributed by atoms with van der Waals surface area (Å²) in [4.78, 5) is 16.1. The largest absolute Gasteiger partial charge is 0.336 e. The number of benzene rings is 1. The van der Waals surface area contributed by atoms with Gasteiger partial charge in [0.15, 0.2) is 5.82 Å². The molecule has 3 rings (SSSR count). The zero-order valence-electron chi connectivity index (χ0n) is 14.0. The van der Waals surface area contributed by atoms with E-state index in [1.54, 1.807) is 12.1 Å². The van der Waals surface area contributed by atoms with Gasteiger partial charge in [0.25, 0.3) is 5.89 Å². The molecule has 0 bridgehead atoms. The molecule has 0 radical (unpaired) electrons. The van der Waals surface area contributed by atoms with E-state index < -0.39 is 5.54 Å². The highest BCUT2D eigenvalue weighted by Crippen LogP contribution is 2.35. The van der Waals surface area contributed by atoms with Crippen molar-refractivity contribution in [1.82, 2.24) is 15.5 Å². The van der Waals surface area contributed by atoms with Gasteiger partial charge in [0.05, 0.1) is 5.54 Å². The second-order valence-corrected chi connectivity index (χ2v) is 6.62. The number of nitrogens with zero attached hydrogens (tertiary/aromatic N) is 2. The smallest absolute Gasteiger partial charge is 0.319 e. The van der Waals surface area contributed by atoms with Crippen LogP contribution in [0.25, 0.3) is 11.5 Å². The Morgan fingerprint density at radius 2 is 1.92 bits per heavy atom. The molecule has 128 valence electrons. The summed E-state index contributed by atoms with van der Waals surface area (Å²) < 4.78 is 5.36. The molecule has 4 N–H and O–H groups in total. The van der Waals surface area contributed by atoms with Crippen molar-refractivity contribution in [1.29, 1.82) is 0 Å². The molecule has 1 aliphatic carbocycles. The second kappa shape index (κ2) is 6.60. The first kappa shape index (κ1) is 16.4. The van der Waals surface area contributed by atoms with Crippen molar-refractivity contribution in [3.8, 4) is 11.5 Å². The number of rotatable bonds is 4. The fourth-order valence-corrected chi connectivity index (χ4v) is 2.90. The van der Waals surface area contributed by atoms with Crippen LogP contribution in [0.5, 0.6) is 0 Å². The Hall–Kier alpha value is -2.41. The first-order chi connectivity index (χ1) is 11.5. The number of amides is 2. The average Bonchev–Trinajstić information content (AvgIpc) is 3.17. The molecule has 0 saturated heterocycles. The third-order valence-electron chi connectivity index (χ3n) is 4.18. The van der Waals surface area contributed by atoms with E-state index in [-0.39, 0.29) is 12.1 Å². The predicted octanol–water partition coefficient (Wildman–Crippen LogP) is 2.99. The summed E-state index contributed by atoms with van der Waals surface area (Å²) in [6.45, 7) is 3.81. The number of anilines is 1. The van der Waals surface area contributed by atoms with E-state index in [1.165, 1.54) is 0 Å². The third-order valence-corrected chi connectivity index (χ3v) is 4.18. The van der Waals surface area contributed by atoms with E-state index in [2.05, 4.69) is 20.8 Å². The maximum Gasteiger partial charge on any atom is 0.319 e. The van der Waals surface area contributed by atoms with Gasteiger partial charge in [-0.2, -0.15) is 4.98 Å². The van der Waals surface area contributed by atoms with Crippen LogP contribution in [0.15, 0.2) is 28.8 Å². The molecule has 2 amide bonds. The van der Waals surface area contributed by atoms with Gasteiger partial charge in [-0.3, -0.25) is 0 Å². The maximum atomic E-state index is 11.7. The van der Waals surface area contributed by atoms with Gasteiger partial charge >= 0.3 is 6.03 Å². The van der Waals surface area contributed by atoms with Crippen LogP contribution in [0.1, 0.15) is 45.4 Å². The molecule has 7 heteroatoms. The SMILES string of the molecule is CC(C)NC(=O)Nc1ccc(-c2nc(C3(N)CCCC3)no2)cc1. The van der Waals surface area contributed by atoms with Gasteiger partial charge in [-0.05, 0) is 51.0 Å². The molecule has 1 aliphatic rings. The lowest BCUT2D eigenvalue weighted by Crippen LogP contribution is -2.34. The molecule has 1 aromatic heterocycles. The summed E-state index contributed by atoms with van der Waals surface area (Å²) in [5.74, 6) is 1.02. The molecule has 1 saturated carbocycles. The van der Waals surface area contributed by atoms with Gasteiger partial charge in [0.2, 0.25) is 0 Å². The van der Waals surface area contributed by atoms with Crippen LogP contribution < -0.4 is 16.4 Å². The van der Waals surface area contributed by atoms with Crippen molar-refractivity contribution < 1.29 is 9.32 Å². The number of carbonyl (C=O) groups is 1. The van der Waals surface area contributed by atoms with Crippen LogP contribution in [0.3, 0.4) is 0 Å². The van der Waals surface area contributed by atoms with Crippen LogP contribution in [0.2, 0.25) is 0 Å². The number of nitrogens with two attached hydrogens (primary N) is 1. The molecule has 1 fully saturated rings. The molecule has 1 aromatic carbocycles. The standard InChI is InChI=1S/C17H23N5O2/c1-11(2)19-16(23)20-13-7-5-12(6-8-13)14-21-15(22-24-14)17(18)9-3-4-10-17/h5-8,11H,3-4,9-10,18H2,1-2H3,(H2,19,20,23). The first-order valence-corrected chi connectivity index (χ1v) is 8.27. The predicted molar refractivity (Wildman–Crippen MR) is 91.4 cm³/mol. The second-order valence-electron chi connectivity index (χ2n) is 6.62. The molecule has 24 heavy (non-hydrogen) atoms. The van der Waals surface area contributed by atoms with E-state index >= 15 is 0 Å². The van der Waals surface area contributed by atoms with Crippen LogP contribution in [-0.4, -0.2) is 22.2 Å². The van der Waals surface area contributed by atoms with Gasteiger partial charge in [0, 0.05) is 17.3 Å². The Balaban J connectivity index is 1.70. The van der Waals surface area contributed by atoms with Crippen molar-refractivity contribution >= 4 is 11.7 Å². The lowest BCUT2D eigenvalue weighted by atomic mass is 9.99. The lowest BCUT2D eigenvalue weighted by molar-refractivity contribution is 0.250. The average molecular weight is 329 g/mol.